The van der Waals surface area contributed by atoms with Crippen molar-refractivity contribution in [3.63, 3.8) is 0 Å². The van der Waals surface area contributed by atoms with E-state index in [4.69, 9.17) is 0 Å². The first-order valence-corrected chi connectivity index (χ1v) is 7.24. The summed E-state index contributed by atoms with van der Waals surface area (Å²) in [5.41, 5.74) is 0. The molecule has 0 aliphatic carbocycles. The van der Waals surface area contributed by atoms with Gasteiger partial charge in [0, 0.05) is 19.1 Å². The predicted molar refractivity (Wildman–Crippen MR) is 75.4 cm³/mol. The van der Waals surface area contributed by atoms with Crippen LogP contribution in [0.1, 0.15) is 53.4 Å². The second-order valence-corrected chi connectivity index (χ2v) is 5.15. The molecule has 3 heteroatoms. The molecule has 0 aliphatic heterocycles. The van der Waals surface area contributed by atoms with Gasteiger partial charge in [-0.2, -0.15) is 0 Å². The molecule has 0 rings (SSSR count). The zero-order valence-electron chi connectivity index (χ0n) is 12.2. The molecule has 0 saturated carbocycles. The topological polar surface area (TPSA) is 35.5 Å². The Kier molecular flexibility index (Phi) is 10.9. The molecular weight excluding hydrogens is 212 g/mol. The summed E-state index contributed by atoms with van der Waals surface area (Å²) in [4.78, 5) is 2.38. The van der Waals surface area contributed by atoms with Gasteiger partial charge in [-0.3, -0.25) is 4.90 Å². The van der Waals surface area contributed by atoms with Gasteiger partial charge in [0.2, 0.25) is 0 Å². The smallest absolute Gasteiger partial charge is 0.0791 e. The SMILES string of the molecule is CCCCCN(CC(O)CNCCC)C(C)C. The Hall–Kier alpha value is -0.120. The molecule has 1 atom stereocenters. The van der Waals surface area contributed by atoms with Gasteiger partial charge in [-0.15, -0.1) is 0 Å². The van der Waals surface area contributed by atoms with Crippen molar-refractivity contribution in [3.05, 3.63) is 0 Å². The van der Waals surface area contributed by atoms with Crippen LogP contribution in [-0.4, -0.2) is 48.3 Å². The monoisotopic (exact) mass is 244 g/mol. The highest BCUT2D eigenvalue weighted by atomic mass is 16.3. The second kappa shape index (κ2) is 11.0. The molecule has 0 heterocycles. The summed E-state index contributed by atoms with van der Waals surface area (Å²) in [6.45, 7) is 12.4. The zero-order valence-corrected chi connectivity index (χ0v) is 12.2. The van der Waals surface area contributed by atoms with Crippen molar-refractivity contribution in [3.8, 4) is 0 Å². The molecule has 0 fully saturated rings. The van der Waals surface area contributed by atoms with Gasteiger partial charge in [-0.1, -0.05) is 26.7 Å². The Bertz CT molecular complexity index is 162. The van der Waals surface area contributed by atoms with E-state index >= 15 is 0 Å². The third-order valence-corrected chi connectivity index (χ3v) is 3.03. The zero-order chi connectivity index (χ0) is 13.1. The standard InChI is InChI=1S/C14H32N2O/c1-5-7-8-10-16(13(3)4)12-14(17)11-15-9-6-2/h13-15,17H,5-12H2,1-4H3. The largest absolute Gasteiger partial charge is 0.390 e. The molecule has 0 bridgehead atoms. The van der Waals surface area contributed by atoms with Gasteiger partial charge in [0.1, 0.15) is 0 Å². The summed E-state index contributed by atoms with van der Waals surface area (Å²) in [6.07, 6.45) is 4.66. The molecule has 0 aromatic rings. The predicted octanol–water partition coefficient (Wildman–Crippen LogP) is 2.25. The van der Waals surface area contributed by atoms with Gasteiger partial charge in [-0.05, 0) is 39.8 Å². The Balaban J connectivity index is 3.80. The van der Waals surface area contributed by atoms with Crippen molar-refractivity contribution in [2.24, 2.45) is 0 Å². The minimum absolute atomic E-state index is 0.245. The van der Waals surface area contributed by atoms with E-state index in [0.717, 1.165) is 26.1 Å². The highest BCUT2D eigenvalue weighted by Gasteiger charge is 2.13. The van der Waals surface area contributed by atoms with Crippen LogP contribution in [0.15, 0.2) is 0 Å². The Morgan fingerprint density at radius 1 is 1.12 bits per heavy atom. The first kappa shape index (κ1) is 16.9. The van der Waals surface area contributed by atoms with Crippen molar-refractivity contribution in [2.75, 3.05) is 26.2 Å². The van der Waals surface area contributed by atoms with Crippen LogP contribution in [0.4, 0.5) is 0 Å². The average molecular weight is 244 g/mol. The third kappa shape index (κ3) is 9.57. The van der Waals surface area contributed by atoms with Gasteiger partial charge >= 0.3 is 0 Å². The number of nitrogens with zero attached hydrogens (tertiary/aromatic N) is 1. The second-order valence-electron chi connectivity index (χ2n) is 5.15. The van der Waals surface area contributed by atoms with Crippen LogP contribution in [0.5, 0.6) is 0 Å². The van der Waals surface area contributed by atoms with Crippen LogP contribution in [-0.2, 0) is 0 Å². The normalized spacial score (nSPS) is 13.6. The lowest BCUT2D eigenvalue weighted by atomic mass is 10.2. The van der Waals surface area contributed by atoms with Crippen LogP contribution >= 0.6 is 0 Å². The van der Waals surface area contributed by atoms with Crippen LogP contribution in [0, 0.1) is 0 Å². The molecule has 0 spiro atoms. The van der Waals surface area contributed by atoms with Gasteiger partial charge < -0.3 is 10.4 Å². The van der Waals surface area contributed by atoms with Crippen LogP contribution in [0.25, 0.3) is 0 Å². The number of aliphatic hydroxyl groups is 1. The molecule has 104 valence electrons. The molecule has 0 radical (unpaired) electrons. The van der Waals surface area contributed by atoms with E-state index in [9.17, 15) is 5.11 Å². The summed E-state index contributed by atoms with van der Waals surface area (Å²) in [7, 11) is 0. The van der Waals surface area contributed by atoms with E-state index in [2.05, 4.69) is 37.9 Å². The maximum Gasteiger partial charge on any atom is 0.0791 e. The van der Waals surface area contributed by atoms with Crippen molar-refractivity contribution >= 4 is 0 Å². The lowest BCUT2D eigenvalue weighted by Crippen LogP contribution is -2.42. The van der Waals surface area contributed by atoms with Crippen LogP contribution < -0.4 is 5.32 Å². The van der Waals surface area contributed by atoms with Crippen molar-refractivity contribution < 1.29 is 5.11 Å². The Morgan fingerprint density at radius 2 is 1.82 bits per heavy atom. The Morgan fingerprint density at radius 3 is 2.35 bits per heavy atom. The number of rotatable bonds is 11. The highest BCUT2D eigenvalue weighted by Crippen LogP contribution is 2.04. The summed E-state index contributed by atoms with van der Waals surface area (Å²) in [5.74, 6) is 0. The molecule has 3 nitrogen and oxygen atoms in total. The van der Waals surface area contributed by atoms with Crippen LogP contribution in [0.2, 0.25) is 0 Å². The fraction of sp³-hybridized carbons (Fsp3) is 1.00. The molecule has 17 heavy (non-hydrogen) atoms. The molecule has 2 N–H and O–H groups in total. The quantitative estimate of drug-likeness (QED) is 0.547. The fourth-order valence-electron chi connectivity index (χ4n) is 1.91. The number of nitrogens with one attached hydrogen (secondary N) is 1. The Labute approximate surface area is 108 Å². The van der Waals surface area contributed by atoms with Crippen LogP contribution in [0.3, 0.4) is 0 Å². The van der Waals surface area contributed by atoms with E-state index in [0.29, 0.717) is 12.6 Å². The number of unbranched alkanes of at least 4 members (excludes halogenated alkanes) is 2. The number of hydrogen-bond acceptors (Lipinski definition) is 3. The van der Waals surface area contributed by atoms with E-state index in [1.807, 2.05) is 0 Å². The summed E-state index contributed by atoms with van der Waals surface area (Å²) in [6, 6.07) is 0.521. The van der Waals surface area contributed by atoms with E-state index in [1.165, 1.54) is 19.3 Å². The summed E-state index contributed by atoms with van der Waals surface area (Å²) >= 11 is 0. The average Bonchev–Trinajstić information content (AvgIpc) is 2.28. The van der Waals surface area contributed by atoms with E-state index in [1.54, 1.807) is 0 Å². The number of hydrogen-bond donors (Lipinski definition) is 2. The van der Waals surface area contributed by atoms with Crippen molar-refractivity contribution in [1.29, 1.82) is 0 Å². The van der Waals surface area contributed by atoms with Gasteiger partial charge in [-0.25, -0.2) is 0 Å². The van der Waals surface area contributed by atoms with Gasteiger partial charge in [0.25, 0.3) is 0 Å². The minimum Gasteiger partial charge on any atom is -0.390 e. The van der Waals surface area contributed by atoms with Crippen molar-refractivity contribution in [1.82, 2.24) is 10.2 Å². The van der Waals surface area contributed by atoms with E-state index < -0.39 is 0 Å². The summed E-state index contributed by atoms with van der Waals surface area (Å²) < 4.78 is 0. The maximum absolute atomic E-state index is 9.95. The van der Waals surface area contributed by atoms with Gasteiger partial charge in [0.05, 0.1) is 6.10 Å². The van der Waals surface area contributed by atoms with Crippen molar-refractivity contribution in [2.45, 2.75) is 65.5 Å². The summed E-state index contributed by atoms with van der Waals surface area (Å²) in [5, 5.41) is 13.2. The molecule has 0 saturated heterocycles. The lowest BCUT2D eigenvalue weighted by Gasteiger charge is -2.28. The lowest BCUT2D eigenvalue weighted by molar-refractivity contribution is 0.0935. The molecule has 1 unspecified atom stereocenters. The molecule has 0 aliphatic rings. The fourth-order valence-corrected chi connectivity index (χ4v) is 1.91. The third-order valence-electron chi connectivity index (χ3n) is 3.03. The maximum atomic E-state index is 9.95. The van der Waals surface area contributed by atoms with E-state index in [-0.39, 0.29) is 6.10 Å². The first-order chi connectivity index (χ1) is 8.11. The molecular formula is C14H32N2O. The molecule has 0 aromatic heterocycles. The molecule has 0 amide bonds. The molecule has 0 aromatic carbocycles. The minimum atomic E-state index is -0.245. The van der Waals surface area contributed by atoms with Gasteiger partial charge in [0.15, 0.2) is 0 Å². The number of aliphatic hydroxyl groups excluding tert-OH is 1. The first-order valence-electron chi connectivity index (χ1n) is 7.24. The highest BCUT2D eigenvalue weighted by molar-refractivity contribution is 4.70.